The molecule has 1 heterocycles. The Morgan fingerprint density at radius 2 is 1.96 bits per heavy atom. The first-order chi connectivity index (χ1) is 10.8. The Labute approximate surface area is 136 Å². The highest BCUT2D eigenvalue weighted by Crippen LogP contribution is 2.38. The maximum atomic E-state index is 11.7. The highest BCUT2D eigenvalue weighted by Gasteiger charge is 2.31. The lowest BCUT2D eigenvalue weighted by molar-refractivity contribution is -0.147. The molecule has 1 fully saturated rings. The summed E-state index contributed by atoms with van der Waals surface area (Å²) in [5.74, 6) is -0.213. The zero-order valence-electron chi connectivity index (χ0n) is 13.4. The van der Waals surface area contributed by atoms with Gasteiger partial charge in [0.05, 0.1) is 22.9 Å². The van der Waals surface area contributed by atoms with Gasteiger partial charge in [-0.25, -0.2) is 8.42 Å². The van der Waals surface area contributed by atoms with Crippen LogP contribution in [0.25, 0.3) is 0 Å². The van der Waals surface area contributed by atoms with Gasteiger partial charge >= 0.3 is 5.97 Å². The molecule has 0 amide bonds. The molecule has 0 atom stereocenters. The average molecular weight is 338 g/mol. The van der Waals surface area contributed by atoms with Crippen LogP contribution >= 0.6 is 0 Å². The number of fused-ring (bicyclic) bond motifs is 1. The molecule has 1 aliphatic carbocycles. The molecule has 1 aromatic rings. The predicted molar refractivity (Wildman–Crippen MR) is 88.3 cm³/mol. The fourth-order valence-corrected chi connectivity index (χ4v) is 4.08. The van der Waals surface area contributed by atoms with E-state index in [1.165, 1.54) is 13.2 Å². The van der Waals surface area contributed by atoms with Gasteiger partial charge in [-0.15, -0.1) is 0 Å². The van der Waals surface area contributed by atoms with Crippen LogP contribution in [0.1, 0.15) is 32.6 Å². The number of sulfone groups is 1. The Kier molecular flexibility index (Phi) is 4.23. The number of rotatable bonds is 3. The molecule has 0 saturated heterocycles. The van der Waals surface area contributed by atoms with Crippen LogP contribution in [0.5, 0.6) is 0 Å². The summed E-state index contributed by atoms with van der Waals surface area (Å²) in [6.45, 7) is 2.14. The maximum absolute atomic E-state index is 11.7. The highest BCUT2D eigenvalue weighted by molar-refractivity contribution is 7.90. The number of ether oxygens (including phenoxy) is 1. The van der Waals surface area contributed by atoms with Gasteiger partial charge in [0, 0.05) is 19.2 Å². The van der Waals surface area contributed by atoms with Gasteiger partial charge in [-0.3, -0.25) is 4.79 Å². The number of carbonyl (C=O) groups excluding carboxylic acids is 1. The molecule has 0 unspecified atom stereocenters. The van der Waals surface area contributed by atoms with E-state index < -0.39 is 9.84 Å². The number of hydrogen-bond acceptors (Lipinski definition) is 6. The van der Waals surface area contributed by atoms with Crippen LogP contribution in [-0.4, -0.2) is 39.5 Å². The van der Waals surface area contributed by atoms with E-state index in [-0.39, 0.29) is 12.1 Å². The molecular formula is C16H22N2O4S. The molecule has 1 saturated carbocycles. The molecule has 1 aromatic carbocycles. The van der Waals surface area contributed by atoms with Gasteiger partial charge in [-0.05, 0) is 43.9 Å². The van der Waals surface area contributed by atoms with Crippen molar-refractivity contribution >= 4 is 27.2 Å². The SMILES string of the molecule is CC(=O)OC1CCC(N2CNc3cc(S(C)(=O)=O)ccc32)CC1. The highest BCUT2D eigenvalue weighted by atomic mass is 32.2. The lowest BCUT2D eigenvalue weighted by Gasteiger charge is -2.35. The second kappa shape index (κ2) is 6.03. The number of benzene rings is 1. The summed E-state index contributed by atoms with van der Waals surface area (Å²) in [6, 6.07) is 5.64. The fourth-order valence-electron chi connectivity index (χ4n) is 3.43. The van der Waals surface area contributed by atoms with E-state index in [1.54, 1.807) is 12.1 Å². The maximum Gasteiger partial charge on any atom is 0.302 e. The summed E-state index contributed by atoms with van der Waals surface area (Å²) in [5.41, 5.74) is 1.92. The van der Waals surface area contributed by atoms with E-state index in [2.05, 4.69) is 10.2 Å². The molecular weight excluding hydrogens is 316 g/mol. The van der Waals surface area contributed by atoms with Crippen LogP contribution in [0.3, 0.4) is 0 Å². The molecule has 0 spiro atoms. The second-order valence-corrected chi connectivity index (χ2v) is 8.31. The summed E-state index contributed by atoms with van der Waals surface area (Å²) in [7, 11) is -3.19. The standard InChI is InChI=1S/C16H22N2O4S/c1-11(19)22-13-5-3-12(4-6-13)18-10-17-15-9-14(23(2,20)21)7-8-16(15)18/h7-9,12-13,17H,3-6,10H2,1-2H3. The number of anilines is 2. The van der Waals surface area contributed by atoms with Gasteiger partial charge in [0.25, 0.3) is 0 Å². The monoisotopic (exact) mass is 338 g/mol. The molecule has 0 aromatic heterocycles. The Bertz CT molecular complexity index is 709. The fraction of sp³-hybridized carbons (Fsp3) is 0.562. The van der Waals surface area contributed by atoms with Crippen molar-refractivity contribution in [3.63, 3.8) is 0 Å². The molecule has 1 aliphatic heterocycles. The number of carbonyl (C=O) groups is 1. The number of nitrogens with zero attached hydrogens (tertiary/aromatic N) is 1. The zero-order valence-corrected chi connectivity index (χ0v) is 14.2. The van der Waals surface area contributed by atoms with Gasteiger partial charge < -0.3 is 15.0 Å². The summed E-state index contributed by atoms with van der Waals surface area (Å²) in [6.07, 6.45) is 4.93. The minimum Gasteiger partial charge on any atom is -0.463 e. The minimum atomic E-state index is -3.19. The van der Waals surface area contributed by atoms with Crippen molar-refractivity contribution < 1.29 is 17.9 Å². The van der Waals surface area contributed by atoms with Crippen LogP contribution in [0, 0.1) is 0 Å². The third-order valence-electron chi connectivity index (χ3n) is 4.56. The van der Waals surface area contributed by atoms with Crippen LogP contribution in [-0.2, 0) is 19.4 Å². The average Bonchev–Trinajstić information content (AvgIpc) is 2.89. The van der Waals surface area contributed by atoms with Crippen molar-refractivity contribution in [3.8, 4) is 0 Å². The smallest absolute Gasteiger partial charge is 0.302 e. The lowest BCUT2D eigenvalue weighted by Crippen LogP contribution is -2.39. The second-order valence-electron chi connectivity index (χ2n) is 6.30. The van der Waals surface area contributed by atoms with Crippen molar-refractivity contribution in [1.82, 2.24) is 0 Å². The minimum absolute atomic E-state index is 0.0337. The predicted octanol–water partition coefficient (Wildman–Crippen LogP) is 2.15. The normalized spacial score (nSPS) is 24.0. The largest absolute Gasteiger partial charge is 0.463 e. The first-order valence-corrected chi connectivity index (χ1v) is 9.75. The van der Waals surface area contributed by atoms with E-state index >= 15 is 0 Å². The van der Waals surface area contributed by atoms with Crippen molar-refractivity contribution in [2.24, 2.45) is 0 Å². The molecule has 7 heteroatoms. The van der Waals surface area contributed by atoms with Crippen LogP contribution < -0.4 is 10.2 Å². The van der Waals surface area contributed by atoms with Crippen molar-refractivity contribution in [3.05, 3.63) is 18.2 Å². The molecule has 0 bridgehead atoms. The summed E-state index contributed by atoms with van der Waals surface area (Å²) >= 11 is 0. The Balaban J connectivity index is 1.70. The van der Waals surface area contributed by atoms with Crippen molar-refractivity contribution in [2.75, 3.05) is 23.1 Å². The number of esters is 1. The topological polar surface area (TPSA) is 75.7 Å². The van der Waals surface area contributed by atoms with E-state index in [9.17, 15) is 13.2 Å². The van der Waals surface area contributed by atoms with E-state index in [0.717, 1.165) is 37.1 Å². The lowest BCUT2D eigenvalue weighted by atomic mass is 9.91. The zero-order chi connectivity index (χ0) is 16.6. The molecule has 3 rings (SSSR count). The third-order valence-corrected chi connectivity index (χ3v) is 5.67. The molecule has 126 valence electrons. The van der Waals surface area contributed by atoms with Crippen molar-refractivity contribution in [2.45, 2.75) is 49.6 Å². The van der Waals surface area contributed by atoms with Gasteiger partial charge in [0.15, 0.2) is 9.84 Å². The number of nitrogens with one attached hydrogen (secondary N) is 1. The van der Waals surface area contributed by atoms with Crippen LogP contribution in [0.15, 0.2) is 23.1 Å². The summed E-state index contributed by atoms with van der Waals surface area (Å²) < 4.78 is 28.6. The molecule has 1 N–H and O–H groups in total. The Morgan fingerprint density at radius 1 is 1.26 bits per heavy atom. The summed E-state index contributed by atoms with van der Waals surface area (Å²) in [5, 5.41) is 3.28. The molecule has 23 heavy (non-hydrogen) atoms. The Hall–Kier alpha value is -1.76. The quantitative estimate of drug-likeness (QED) is 0.851. The van der Waals surface area contributed by atoms with Gasteiger partial charge in [0.1, 0.15) is 6.10 Å². The van der Waals surface area contributed by atoms with E-state index in [4.69, 9.17) is 4.74 Å². The summed E-state index contributed by atoms with van der Waals surface area (Å²) in [4.78, 5) is 13.7. The van der Waals surface area contributed by atoms with E-state index in [1.807, 2.05) is 6.07 Å². The first kappa shape index (κ1) is 16.1. The van der Waals surface area contributed by atoms with Gasteiger partial charge in [-0.1, -0.05) is 0 Å². The van der Waals surface area contributed by atoms with Gasteiger partial charge in [-0.2, -0.15) is 0 Å². The molecule has 0 radical (unpaired) electrons. The van der Waals surface area contributed by atoms with Crippen LogP contribution in [0.2, 0.25) is 0 Å². The third kappa shape index (κ3) is 3.44. The van der Waals surface area contributed by atoms with Crippen LogP contribution in [0.4, 0.5) is 11.4 Å². The molecule has 6 nitrogen and oxygen atoms in total. The Morgan fingerprint density at radius 3 is 2.57 bits per heavy atom. The van der Waals surface area contributed by atoms with Gasteiger partial charge in [0.2, 0.25) is 0 Å². The molecule has 2 aliphatic rings. The first-order valence-electron chi connectivity index (χ1n) is 7.86. The van der Waals surface area contributed by atoms with Crippen molar-refractivity contribution in [1.29, 1.82) is 0 Å². The van der Waals surface area contributed by atoms with E-state index in [0.29, 0.717) is 17.6 Å². The number of hydrogen-bond donors (Lipinski definition) is 1.